The van der Waals surface area contributed by atoms with Gasteiger partial charge in [0.25, 0.3) is 5.91 Å². The maximum absolute atomic E-state index is 13.6. The van der Waals surface area contributed by atoms with Gasteiger partial charge in [0.05, 0.1) is 18.7 Å². The van der Waals surface area contributed by atoms with Crippen LogP contribution in [0.4, 0.5) is 5.69 Å². The minimum Gasteiger partial charge on any atom is -0.394 e. The number of likely N-dealkylation sites (tertiary alicyclic amines) is 1. The van der Waals surface area contributed by atoms with Crippen molar-refractivity contribution in [3.63, 3.8) is 0 Å². The molecule has 2 fully saturated rings. The Hall–Kier alpha value is -2.86. The molecule has 1 saturated carbocycles. The Morgan fingerprint density at radius 3 is 2.53 bits per heavy atom. The normalized spacial score (nSPS) is 24.2. The summed E-state index contributed by atoms with van der Waals surface area (Å²) in [6.07, 6.45) is 6.40. The van der Waals surface area contributed by atoms with Crippen LogP contribution in [0.1, 0.15) is 60.5 Å². The Labute approximate surface area is 201 Å². The van der Waals surface area contributed by atoms with Gasteiger partial charge in [0.1, 0.15) is 0 Å². The van der Waals surface area contributed by atoms with Gasteiger partial charge in [0.2, 0.25) is 5.91 Å². The van der Waals surface area contributed by atoms with E-state index in [4.69, 9.17) is 0 Å². The highest BCUT2D eigenvalue weighted by Crippen LogP contribution is 2.48. The van der Waals surface area contributed by atoms with Crippen LogP contribution in [0.2, 0.25) is 0 Å². The smallest absolute Gasteiger partial charge is 0.253 e. The third-order valence-electron chi connectivity index (χ3n) is 7.96. The lowest BCUT2D eigenvalue weighted by molar-refractivity contribution is -0.138. The van der Waals surface area contributed by atoms with E-state index >= 15 is 0 Å². The number of nitrogens with one attached hydrogen (secondary N) is 1. The van der Waals surface area contributed by atoms with Crippen molar-refractivity contribution in [2.45, 2.75) is 50.6 Å². The SMILES string of the molecule is CN(C)C(=O)c1cccc(-c2ccc3c(c2)[C@@H]2[C@@H](CCN2C(=O)C2CCCCC2)[C@@H](CO)N3)c1. The van der Waals surface area contributed by atoms with E-state index in [0.29, 0.717) is 11.5 Å². The molecule has 0 aromatic heterocycles. The van der Waals surface area contributed by atoms with Gasteiger partial charge >= 0.3 is 0 Å². The standard InChI is InChI=1S/C28H35N3O3/c1-30(2)27(33)21-10-6-9-19(15-21)20-11-12-24-23(16-20)26-22(25(17-32)29-24)13-14-31(26)28(34)18-7-4-3-5-8-18/h6,9-12,15-16,18,22,25-26,29,32H,3-5,7-8,13-14,17H2,1-2H3/t22-,25+,26-/m0/s1. The van der Waals surface area contributed by atoms with Gasteiger partial charge in [-0.2, -0.15) is 0 Å². The Morgan fingerprint density at radius 1 is 1.03 bits per heavy atom. The first kappa shape index (κ1) is 22.9. The van der Waals surface area contributed by atoms with Crippen LogP contribution in [-0.2, 0) is 4.79 Å². The summed E-state index contributed by atoms with van der Waals surface area (Å²) in [7, 11) is 3.52. The molecule has 2 aliphatic heterocycles. The first-order valence-corrected chi connectivity index (χ1v) is 12.6. The molecule has 3 aliphatic rings. The molecule has 2 N–H and O–H groups in total. The summed E-state index contributed by atoms with van der Waals surface area (Å²) >= 11 is 0. The molecule has 2 amide bonds. The fourth-order valence-electron chi connectivity index (χ4n) is 6.16. The fraction of sp³-hybridized carbons (Fsp3) is 0.500. The number of anilines is 1. The van der Waals surface area contributed by atoms with Gasteiger partial charge in [-0.25, -0.2) is 0 Å². The highest BCUT2D eigenvalue weighted by Gasteiger charge is 2.46. The maximum Gasteiger partial charge on any atom is 0.253 e. The minimum atomic E-state index is -0.0476. The van der Waals surface area contributed by atoms with Crippen LogP contribution in [0.5, 0.6) is 0 Å². The molecule has 2 aromatic carbocycles. The highest BCUT2D eigenvalue weighted by molar-refractivity contribution is 5.95. The van der Waals surface area contributed by atoms with Crippen LogP contribution in [0.25, 0.3) is 11.1 Å². The number of hydrogen-bond acceptors (Lipinski definition) is 4. The predicted octanol–water partition coefficient (Wildman–Crippen LogP) is 4.31. The van der Waals surface area contributed by atoms with Crippen molar-refractivity contribution in [1.29, 1.82) is 0 Å². The van der Waals surface area contributed by atoms with Crippen LogP contribution < -0.4 is 5.32 Å². The molecule has 34 heavy (non-hydrogen) atoms. The molecule has 5 rings (SSSR count). The molecule has 0 radical (unpaired) electrons. The van der Waals surface area contributed by atoms with Crippen molar-refractivity contribution in [3.8, 4) is 11.1 Å². The zero-order valence-electron chi connectivity index (χ0n) is 20.2. The lowest BCUT2D eigenvalue weighted by Crippen LogP contribution is -2.44. The zero-order chi connectivity index (χ0) is 23.8. The second kappa shape index (κ2) is 9.41. The van der Waals surface area contributed by atoms with Crippen LogP contribution in [0, 0.1) is 11.8 Å². The molecule has 180 valence electrons. The van der Waals surface area contributed by atoms with Crippen LogP contribution >= 0.6 is 0 Å². The Bertz CT molecular complexity index is 1080. The van der Waals surface area contributed by atoms with E-state index in [2.05, 4.69) is 28.4 Å². The Balaban J connectivity index is 1.51. The van der Waals surface area contributed by atoms with E-state index in [-0.39, 0.29) is 36.4 Å². The van der Waals surface area contributed by atoms with Gasteiger partial charge in [-0.05, 0) is 60.2 Å². The van der Waals surface area contributed by atoms with Crippen molar-refractivity contribution in [2.75, 3.05) is 32.6 Å². The molecule has 2 heterocycles. The topological polar surface area (TPSA) is 72.9 Å². The Morgan fingerprint density at radius 2 is 1.79 bits per heavy atom. The molecule has 0 unspecified atom stereocenters. The zero-order valence-corrected chi connectivity index (χ0v) is 20.2. The largest absolute Gasteiger partial charge is 0.394 e. The number of hydrogen-bond donors (Lipinski definition) is 2. The summed E-state index contributed by atoms with van der Waals surface area (Å²) in [6.45, 7) is 0.807. The predicted molar refractivity (Wildman–Crippen MR) is 134 cm³/mol. The number of carbonyl (C=O) groups excluding carboxylic acids is 2. The second-order valence-corrected chi connectivity index (χ2v) is 10.3. The van der Waals surface area contributed by atoms with E-state index < -0.39 is 0 Å². The Kier molecular flexibility index (Phi) is 6.34. The van der Waals surface area contributed by atoms with Gasteiger partial charge in [-0.15, -0.1) is 0 Å². The van der Waals surface area contributed by atoms with E-state index in [1.807, 2.05) is 24.3 Å². The average Bonchev–Trinajstić information content (AvgIpc) is 3.33. The number of fused-ring (bicyclic) bond motifs is 3. The molecule has 3 atom stereocenters. The number of rotatable bonds is 4. The molecular formula is C28H35N3O3. The number of aliphatic hydroxyl groups is 1. The van der Waals surface area contributed by atoms with Gasteiger partial charge in [-0.3, -0.25) is 9.59 Å². The van der Waals surface area contributed by atoms with Crippen molar-refractivity contribution >= 4 is 17.5 Å². The number of carbonyl (C=O) groups is 2. The van der Waals surface area contributed by atoms with E-state index in [1.54, 1.807) is 19.0 Å². The van der Waals surface area contributed by atoms with Crippen molar-refractivity contribution in [3.05, 3.63) is 53.6 Å². The van der Waals surface area contributed by atoms with Crippen molar-refractivity contribution in [2.24, 2.45) is 11.8 Å². The molecule has 1 saturated heterocycles. The number of nitrogens with zero attached hydrogens (tertiary/aromatic N) is 2. The fourth-order valence-corrected chi connectivity index (χ4v) is 6.16. The van der Waals surface area contributed by atoms with Crippen LogP contribution in [0.3, 0.4) is 0 Å². The first-order chi connectivity index (χ1) is 16.5. The molecule has 6 heteroatoms. The third kappa shape index (κ3) is 4.09. The first-order valence-electron chi connectivity index (χ1n) is 12.6. The van der Waals surface area contributed by atoms with Gasteiger partial charge < -0.3 is 20.2 Å². The summed E-state index contributed by atoms with van der Waals surface area (Å²) in [5.74, 6) is 0.602. The monoisotopic (exact) mass is 461 g/mol. The number of amides is 2. The summed E-state index contributed by atoms with van der Waals surface area (Å²) in [4.78, 5) is 29.8. The quantitative estimate of drug-likeness (QED) is 0.712. The summed E-state index contributed by atoms with van der Waals surface area (Å²) < 4.78 is 0. The lowest BCUT2D eigenvalue weighted by atomic mass is 9.81. The second-order valence-electron chi connectivity index (χ2n) is 10.3. The highest BCUT2D eigenvalue weighted by atomic mass is 16.3. The molecular weight excluding hydrogens is 426 g/mol. The number of aliphatic hydroxyl groups excluding tert-OH is 1. The van der Waals surface area contributed by atoms with Gasteiger partial charge in [0, 0.05) is 43.7 Å². The van der Waals surface area contributed by atoms with Crippen molar-refractivity contribution in [1.82, 2.24) is 9.80 Å². The number of benzene rings is 2. The van der Waals surface area contributed by atoms with E-state index in [0.717, 1.165) is 61.0 Å². The van der Waals surface area contributed by atoms with E-state index in [1.165, 1.54) is 6.42 Å². The summed E-state index contributed by atoms with van der Waals surface area (Å²) in [5, 5.41) is 13.6. The molecule has 6 nitrogen and oxygen atoms in total. The molecule has 0 spiro atoms. The third-order valence-corrected chi connectivity index (χ3v) is 7.96. The molecule has 1 aliphatic carbocycles. The molecule has 0 bridgehead atoms. The van der Waals surface area contributed by atoms with Crippen LogP contribution in [-0.4, -0.2) is 60.0 Å². The molecule has 2 aromatic rings. The van der Waals surface area contributed by atoms with Crippen LogP contribution in [0.15, 0.2) is 42.5 Å². The minimum absolute atomic E-state index is 0.0191. The van der Waals surface area contributed by atoms with Gasteiger partial charge in [0.15, 0.2) is 0 Å². The average molecular weight is 462 g/mol. The van der Waals surface area contributed by atoms with E-state index in [9.17, 15) is 14.7 Å². The lowest BCUT2D eigenvalue weighted by Gasteiger charge is -2.40. The maximum atomic E-state index is 13.6. The van der Waals surface area contributed by atoms with Gasteiger partial charge in [-0.1, -0.05) is 37.5 Å². The summed E-state index contributed by atoms with van der Waals surface area (Å²) in [5.41, 5.74) is 4.80. The summed E-state index contributed by atoms with van der Waals surface area (Å²) in [6, 6.07) is 14.0. The van der Waals surface area contributed by atoms with Crippen molar-refractivity contribution < 1.29 is 14.7 Å².